The largest absolute Gasteiger partial charge is 0.435 e. The van der Waals surface area contributed by atoms with Gasteiger partial charge in [-0.05, 0) is 42.0 Å². The summed E-state index contributed by atoms with van der Waals surface area (Å²) in [6.45, 7) is -5.77. The Kier molecular flexibility index (Phi) is 6.24. The van der Waals surface area contributed by atoms with E-state index >= 15 is 0 Å². The number of aromatic nitrogens is 3. The average molecular weight is 414 g/mol. The number of nitrogens with zero attached hydrogens (tertiary/aromatic N) is 3. The summed E-state index contributed by atoms with van der Waals surface area (Å²) in [4.78, 5) is 0. The third-order valence-electron chi connectivity index (χ3n) is 3.52. The second-order valence-electron chi connectivity index (χ2n) is 5.39. The lowest BCUT2D eigenvalue weighted by Crippen LogP contribution is -2.11. The standard InChI is InChI=1S/C17H14F4N4O2S/c18-15(19)26-12-5-1-10(2-6-12)9-28-17-24-23-14(25(17)22)11-3-7-13(8-4-11)27-16(20)21/h1-8,15-16H,9,22H2. The van der Waals surface area contributed by atoms with Gasteiger partial charge in [0, 0.05) is 11.3 Å². The molecule has 28 heavy (non-hydrogen) atoms. The molecular weight excluding hydrogens is 400 g/mol. The minimum Gasteiger partial charge on any atom is -0.435 e. The number of thioether (sulfide) groups is 1. The van der Waals surface area contributed by atoms with Crippen LogP contribution >= 0.6 is 11.8 Å². The highest BCUT2D eigenvalue weighted by atomic mass is 32.2. The first-order valence-corrected chi connectivity index (χ1v) is 8.83. The van der Waals surface area contributed by atoms with Crippen LogP contribution in [0.5, 0.6) is 11.5 Å². The third-order valence-corrected chi connectivity index (χ3v) is 4.53. The number of nitrogen functional groups attached to an aromatic ring is 1. The van der Waals surface area contributed by atoms with Crippen molar-refractivity contribution in [2.45, 2.75) is 24.1 Å². The van der Waals surface area contributed by atoms with Gasteiger partial charge in [0.05, 0.1) is 0 Å². The van der Waals surface area contributed by atoms with E-state index in [1.54, 1.807) is 24.3 Å². The molecule has 0 aliphatic carbocycles. The highest BCUT2D eigenvalue weighted by Gasteiger charge is 2.13. The van der Waals surface area contributed by atoms with Gasteiger partial charge in [0.15, 0.2) is 5.82 Å². The van der Waals surface area contributed by atoms with Crippen molar-refractivity contribution in [2.75, 3.05) is 5.84 Å². The molecule has 2 N–H and O–H groups in total. The molecule has 11 heteroatoms. The van der Waals surface area contributed by atoms with E-state index in [0.29, 0.717) is 22.3 Å². The normalized spacial score (nSPS) is 11.2. The maximum atomic E-state index is 12.2. The van der Waals surface area contributed by atoms with E-state index in [9.17, 15) is 17.6 Å². The minimum atomic E-state index is -2.90. The number of alkyl halides is 4. The molecule has 1 aromatic heterocycles. The SMILES string of the molecule is Nn1c(SCc2ccc(OC(F)F)cc2)nnc1-c1ccc(OC(F)F)cc1. The molecule has 0 atom stereocenters. The molecule has 0 aliphatic rings. The van der Waals surface area contributed by atoms with E-state index in [1.165, 1.54) is 40.7 Å². The second-order valence-corrected chi connectivity index (χ2v) is 6.33. The van der Waals surface area contributed by atoms with Crippen molar-refractivity contribution in [1.82, 2.24) is 14.9 Å². The Balaban J connectivity index is 1.64. The fourth-order valence-corrected chi connectivity index (χ4v) is 3.09. The zero-order valence-electron chi connectivity index (χ0n) is 14.1. The molecule has 0 amide bonds. The van der Waals surface area contributed by atoms with Crippen molar-refractivity contribution < 1.29 is 27.0 Å². The molecule has 6 nitrogen and oxygen atoms in total. The summed E-state index contributed by atoms with van der Waals surface area (Å²) in [7, 11) is 0. The summed E-state index contributed by atoms with van der Waals surface area (Å²) in [5.41, 5.74) is 1.43. The van der Waals surface area contributed by atoms with Crippen molar-refractivity contribution in [2.24, 2.45) is 0 Å². The number of ether oxygens (including phenoxy) is 2. The molecule has 0 spiro atoms. The summed E-state index contributed by atoms with van der Waals surface area (Å²) in [6.07, 6.45) is 0. The van der Waals surface area contributed by atoms with Crippen molar-refractivity contribution in [3.05, 3.63) is 54.1 Å². The van der Waals surface area contributed by atoms with Crippen LogP contribution in [0.15, 0.2) is 53.7 Å². The highest BCUT2D eigenvalue weighted by molar-refractivity contribution is 7.98. The molecule has 0 radical (unpaired) electrons. The number of nitrogens with two attached hydrogens (primary N) is 1. The van der Waals surface area contributed by atoms with Gasteiger partial charge in [-0.2, -0.15) is 17.6 Å². The van der Waals surface area contributed by atoms with Gasteiger partial charge >= 0.3 is 13.2 Å². The first-order valence-electron chi connectivity index (χ1n) is 7.84. The fraction of sp³-hybridized carbons (Fsp3) is 0.176. The lowest BCUT2D eigenvalue weighted by molar-refractivity contribution is -0.0505. The number of hydrogen-bond acceptors (Lipinski definition) is 6. The van der Waals surface area contributed by atoms with E-state index in [-0.39, 0.29) is 11.5 Å². The zero-order chi connectivity index (χ0) is 20.1. The van der Waals surface area contributed by atoms with Gasteiger partial charge < -0.3 is 15.3 Å². The second kappa shape index (κ2) is 8.83. The maximum Gasteiger partial charge on any atom is 0.387 e. The molecule has 1 heterocycles. The quantitative estimate of drug-likeness (QED) is 0.339. The topological polar surface area (TPSA) is 75.2 Å². The summed E-state index contributed by atoms with van der Waals surface area (Å²) in [5, 5.41) is 8.45. The zero-order valence-corrected chi connectivity index (χ0v) is 15.0. The molecule has 0 saturated carbocycles. The Morgan fingerprint density at radius 3 is 1.93 bits per heavy atom. The first-order chi connectivity index (χ1) is 13.4. The third kappa shape index (κ3) is 5.06. The van der Waals surface area contributed by atoms with Gasteiger partial charge in [0.2, 0.25) is 5.16 Å². The number of benzene rings is 2. The van der Waals surface area contributed by atoms with Crippen LogP contribution in [0.1, 0.15) is 5.56 Å². The van der Waals surface area contributed by atoms with Gasteiger partial charge in [-0.25, -0.2) is 4.68 Å². The van der Waals surface area contributed by atoms with Gasteiger partial charge in [-0.15, -0.1) is 10.2 Å². The number of rotatable bonds is 8. The molecule has 2 aromatic carbocycles. The van der Waals surface area contributed by atoms with Crippen molar-refractivity contribution >= 4 is 11.8 Å². The predicted octanol–water partition coefficient (Wildman–Crippen LogP) is 4.15. The van der Waals surface area contributed by atoms with E-state index in [1.807, 2.05) is 0 Å². The molecule has 0 fully saturated rings. The molecule has 3 aromatic rings. The summed E-state index contributed by atoms with van der Waals surface area (Å²) >= 11 is 1.30. The van der Waals surface area contributed by atoms with Crippen LogP contribution in [0.2, 0.25) is 0 Å². The van der Waals surface area contributed by atoms with Gasteiger partial charge in [0.25, 0.3) is 0 Å². The molecule has 3 rings (SSSR count). The van der Waals surface area contributed by atoms with Crippen LogP contribution in [-0.2, 0) is 5.75 Å². The van der Waals surface area contributed by atoms with Crippen molar-refractivity contribution in [3.63, 3.8) is 0 Å². The first kappa shape index (κ1) is 19.8. The fourth-order valence-electron chi connectivity index (χ4n) is 2.27. The summed E-state index contributed by atoms with van der Waals surface area (Å²) in [5.74, 6) is 6.94. The van der Waals surface area contributed by atoms with Crippen LogP contribution in [0.4, 0.5) is 17.6 Å². The minimum absolute atomic E-state index is 0.0238. The number of hydrogen-bond donors (Lipinski definition) is 1. The molecule has 148 valence electrons. The Bertz CT molecular complexity index is 905. The Morgan fingerprint density at radius 1 is 0.857 bits per heavy atom. The van der Waals surface area contributed by atoms with Crippen LogP contribution in [0.25, 0.3) is 11.4 Å². The molecule has 0 saturated heterocycles. The van der Waals surface area contributed by atoms with Crippen LogP contribution < -0.4 is 15.3 Å². The molecular formula is C17H14F4N4O2S. The van der Waals surface area contributed by atoms with Crippen LogP contribution in [0, 0.1) is 0 Å². The van der Waals surface area contributed by atoms with E-state index < -0.39 is 13.2 Å². The van der Waals surface area contributed by atoms with Crippen LogP contribution in [0.3, 0.4) is 0 Å². The highest BCUT2D eigenvalue weighted by Crippen LogP contribution is 2.26. The van der Waals surface area contributed by atoms with Crippen LogP contribution in [-0.4, -0.2) is 28.1 Å². The monoisotopic (exact) mass is 414 g/mol. The summed E-state index contributed by atoms with van der Waals surface area (Å²) in [6, 6.07) is 12.1. The lowest BCUT2D eigenvalue weighted by atomic mass is 10.2. The van der Waals surface area contributed by atoms with Gasteiger partial charge in [-0.3, -0.25) is 0 Å². The number of halogens is 4. The van der Waals surface area contributed by atoms with Gasteiger partial charge in [0.1, 0.15) is 11.5 Å². The average Bonchev–Trinajstić information content (AvgIpc) is 3.01. The van der Waals surface area contributed by atoms with E-state index in [0.717, 1.165) is 5.56 Å². The Labute approximate surface area is 161 Å². The molecule has 0 unspecified atom stereocenters. The van der Waals surface area contributed by atoms with Gasteiger partial charge in [-0.1, -0.05) is 23.9 Å². The summed E-state index contributed by atoms with van der Waals surface area (Å²) < 4.78 is 58.6. The molecule has 0 aliphatic heterocycles. The van der Waals surface area contributed by atoms with Crippen molar-refractivity contribution in [1.29, 1.82) is 0 Å². The lowest BCUT2D eigenvalue weighted by Gasteiger charge is -2.07. The van der Waals surface area contributed by atoms with E-state index in [4.69, 9.17) is 5.84 Å². The smallest absolute Gasteiger partial charge is 0.387 e. The van der Waals surface area contributed by atoms with Crippen molar-refractivity contribution in [3.8, 4) is 22.9 Å². The predicted molar refractivity (Wildman–Crippen MR) is 94.9 cm³/mol. The molecule has 0 bridgehead atoms. The Hall–Kier alpha value is -2.95. The Morgan fingerprint density at radius 2 is 1.39 bits per heavy atom. The van der Waals surface area contributed by atoms with E-state index in [2.05, 4.69) is 19.7 Å². The maximum absolute atomic E-state index is 12.2.